The van der Waals surface area contributed by atoms with E-state index in [-0.39, 0.29) is 5.97 Å². The first-order valence-electron chi connectivity index (χ1n) is 6.96. The second-order valence-electron chi connectivity index (χ2n) is 5.10. The molecule has 1 aromatic rings. The standard InChI is InChI=1S/C19H16O2/c1-14(20)21-19-9-7-15(8-10-19)11-16-12-17-5-3-2-4-6-18(17)13-16/h2-10,12-13H,11H2,1H3. The monoisotopic (exact) mass is 276 g/mol. The molecule has 2 nitrogen and oxygen atoms in total. The second kappa shape index (κ2) is 5.80. The van der Waals surface area contributed by atoms with E-state index >= 15 is 0 Å². The fourth-order valence-electron chi connectivity index (χ4n) is 2.46. The smallest absolute Gasteiger partial charge is 0.308 e. The van der Waals surface area contributed by atoms with E-state index < -0.39 is 0 Å². The van der Waals surface area contributed by atoms with Crippen LogP contribution in [-0.2, 0) is 11.2 Å². The van der Waals surface area contributed by atoms with Gasteiger partial charge < -0.3 is 4.74 Å². The van der Waals surface area contributed by atoms with Gasteiger partial charge in [-0.25, -0.2) is 0 Å². The van der Waals surface area contributed by atoms with Crippen LogP contribution in [0.1, 0.15) is 18.1 Å². The molecular formula is C19H16O2. The molecule has 2 aliphatic rings. The highest BCUT2D eigenvalue weighted by Crippen LogP contribution is 2.26. The highest BCUT2D eigenvalue weighted by atomic mass is 16.5. The minimum atomic E-state index is -0.294. The largest absolute Gasteiger partial charge is 0.427 e. The zero-order valence-corrected chi connectivity index (χ0v) is 11.9. The summed E-state index contributed by atoms with van der Waals surface area (Å²) >= 11 is 0. The SMILES string of the molecule is CC(=O)Oc1ccc(Cc2cc3cccccc-3c2)cc1. The minimum Gasteiger partial charge on any atom is -0.427 e. The molecule has 2 heteroatoms. The van der Waals surface area contributed by atoms with Gasteiger partial charge in [-0.1, -0.05) is 54.6 Å². The normalized spacial score (nSPS) is 10.5. The van der Waals surface area contributed by atoms with E-state index in [9.17, 15) is 4.79 Å². The minimum absolute atomic E-state index is 0.294. The summed E-state index contributed by atoms with van der Waals surface area (Å²) in [7, 11) is 0. The molecule has 0 aromatic heterocycles. The highest BCUT2D eigenvalue weighted by Gasteiger charge is 2.06. The van der Waals surface area contributed by atoms with Crippen molar-refractivity contribution in [3.05, 3.63) is 77.9 Å². The van der Waals surface area contributed by atoms with E-state index in [0.29, 0.717) is 5.75 Å². The quantitative estimate of drug-likeness (QED) is 0.526. The van der Waals surface area contributed by atoms with Crippen LogP contribution >= 0.6 is 0 Å². The summed E-state index contributed by atoms with van der Waals surface area (Å²) in [5.74, 6) is 0.295. The zero-order valence-electron chi connectivity index (χ0n) is 11.9. The van der Waals surface area contributed by atoms with Crippen LogP contribution in [0.15, 0.2) is 66.7 Å². The van der Waals surface area contributed by atoms with Gasteiger partial charge in [0, 0.05) is 6.92 Å². The molecule has 21 heavy (non-hydrogen) atoms. The molecule has 1 aromatic carbocycles. The number of fused-ring (bicyclic) bond motifs is 1. The van der Waals surface area contributed by atoms with Gasteiger partial charge >= 0.3 is 5.97 Å². The van der Waals surface area contributed by atoms with E-state index in [0.717, 1.165) is 6.42 Å². The molecule has 0 unspecified atom stereocenters. The average molecular weight is 276 g/mol. The van der Waals surface area contributed by atoms with Crippen LogP contribution in [0.5, 0.6) is 5.75 Å². The Balaban J connectivity index is 1.79. The lowest BCUT2D eigenvalue weighted by Crippen LogP contribution is -2.01. The fraction of sp³-hybridized carbons (Fsp3) is 0.105. The Labute approximate surface area is 124 Å². The number of carbonyl (C=O) groups excluding carboxylic acids is 1. The third-order valence-corrected chi connectivity index (χ3v) is 3.38. The lowest BCUT2D eigenvalue weighted by atomic mass is 10.1. The van der Waals surface area contributed by atoms with Gasteiger partial charge in [-0.3, -0.25) is 4.79 Å². The third kappa shape index (κ3) is 3.29. The van der Waals surface area contributed by atoms with E-state index in [4.69, 9.17) is 4.74 Å². The Morgan fingerprint density at radius 2 is 1.48 bits per heavy atom. The molecule has 0 amide bonds. The highest BCUT2D eigenvalue weighted by molar-refractivity contribution is 5.69. The number of rotatable bonds is 3. The van der Waals surface area contributed by atoms with Gasteiger partial charge in [-0.15, -0.1) is 0 Å². The van der Waals surface area contributed by atoms with Crippen molar-refractivity contribution >= 4 is 5.97 Å². The van der Waals surface area contributed by atoms with Crippen LogP contribution in [0.2, 0.25) is 0 Å². The first-order chi connectivity index (χ1) is 10.2. The maximum atomic E-state index is 10.9. The predicted molar refractivity (Wildman–Crippen MR) is 83.6 cm³/mol. The van der Waals surface area contributed by atoms with Gasteiger partial charge in [0.15, 0.2) is 0 Å². The van der Waals surface area contributed by atoms with Gasteiger partial charge in [0.25, 0.3) is 0 Å². The number of hydrogen-bond donors (Lipinski definition) is 0. The lowest BCUT2D eigenvalue weighted by molar-refractivity contribution is -0.131. The molecule has 0 saturated heterocycles. The van der Waals surface area contributed by atoms with Crippen molar-refractivity contribution < 1.29 is 9.53 Å². The Kier molecular flexibility index (Phi) is 3.69. The van der Waals surface area contributed by atoms with Crippen molar-refractivity contribution in [1.29, 1.82) is 0 Å². The summed E-state index contributed by atoms with van der Waals surface area (Å²) in [6, 6.07) is 22.5. The molecular weight excluding hydrogens is 260 g/mol. The maximum Gasteiger partial charge on any atom is 0.308 e. The van der Waals surface area contributed by atoms with Crippen molar-refractivity contribution in [2.75, 3.05) is 0 Å². The molecule has 0 saturated carbocycles. The van der Waals surface area contributed by atoms with Crippen LogP contribution in [0.25, 0.3) is 11.1 Å². The van der Waals surface area contributed by atoms with Crippen molar-refractivity contribution in [2.24, 2.45) is 0 Å². The molecule has 0 N–H and O–H groups in total. The molecule has 2 aliphatic carbocycles. The summed E-state index contributed by atoms with van der Waals surface area (Å²) in [6.45, 7) is 1.41. The first kappa shape index (κ1) is 13.4. The average Bonchev–Trinajstić information content (AvgIpc) is 2.69. The second-order valence-corrected chi connectivity index (χ2v) is 5.10. The van der Waals surface area contributed by atoms with Gasteiger partial charge in [0.05, 0.1) is 0 Å². The number of carbonyl (C=O) groups is 1. The van der Waals surface area contributed by atoms with Gasteiger partial charge in [0.1, 0.15) is 5.75 Å². The molecule has 0 fully saturated rings. The van der Waals surface area contributed by atoms with E-state index in [1.54, 1.807) is 0 Å². The molecule has 0 atom stereocenters. The Bertz CT molecular complexity index is 698. The fourth-order valence-corrected chi connectivity index (χ4v) is 2.46. The lowest BCUT2D eigenvalue weighted by Gasteiger charge is -2.03. The van der Waals surface area contributed by atoms with Crippen LogP contribution in [0.4, 0.5) is 0 Å². The molecule has 3 rings (SSSR count). The number of hydrogen-bond acceptors (Lipinski definition) is 2. The summed E-state index contributed by atoms with van der Waals surface area (Å²) in [6.07, 6.45) is 0.874. The molecule has 0 bridgehead atoms. The Hall–Kier alpha value is -2.61. The molecule has 0 radical (unpaired) electrons. The topological polar surface area (TPSA) is 26.3 Å². The molecule has 0 heterocycles. The van der Waals surface area contributed by atoms with Crippen molar-refractivity contribution in [3.63, 3.8) is 0 Å². The number of ether oxygens (including phenoxy) is 1. The van der Waals surface area contributed by atoms with Crippen LogP contribution < -0.4 is 4.74 Å². The Morgan fingerprint density at radius 3 is 2.05 bits per heavy atom. The summed E-state index contributed by atoms with van der Waals surface area (Å²) in [5, 5.41) is 0. The summed E-state index contributed by atoms with van der Waals surface area (Å²) < 4.78 is 5.04. The summed E-state index contributed by atoms with van der Waals surface area (Å²) in [4.78, 5) is 10.9. The van der Waals surface area contributed by atoms with Crippen LogP contribution in [0, 0.1) is 0 Å². The number of benzene rings is 1. The number of esters is 1. The van der Waals surface area contributed by atoms with Gasteiger partial charge in [-0.2, -0.15) is 0 Å². The van der Waals surface area contributed by atoms with E-state index in [2.05, 4.69) is 36.4 Å². The van der Waals surface area contributed by atoms with Crippen LogP contribution in [-0.4, -0.2) is 5.97 Å². The molecule has 0 spiro atoms. The Morgan fingerprint density at radius 1 is 0.857 bits per heavy atom. The van der Waals surface area contributed by atoms with Gasteiger partial charge in [0.2, 0.25) is 0 Å². The van der Waals surface area contributed by atoms with E-state index in [1.807, 2.05) is 30.3 Å². The predicted octanol–water partition coefficient (Wildman–Crippen LogP) is 4.31. The van der Waals surface area contributed by atoms with Gasteiger partial charge in [-0.05, 0) is 40.8 Å². The maximum absolute atomic E-state index is 10.9. The van der Waals surface area contributed by atoms with Crippen LogP contribution in [0.3, 0.4) is 0 Å². The molecule has 104 valence electrons. The van der Waals surface area contributed by atoms with E-state index in [1.165, 1.54) is 29.2 Å². The molecule has 0 aliphatic heterocycles. The zero-order chi connectivity index (χ0) is 14.7. The third-order valence-electron chi connectivity index (χ3n) is 3.38. The first-order valence-corrected chi connectivity index (χ1v) is 6.96. The summed E-state index contributed by atoms with van der Waals surface area (Å²) in [5.41, 5.74) is 5.00. The van der Waals surface area contributed by atoms with Crippen molar-refractivity contribution in [2.45, 2.75) is 13.3 Å². The van der Waals surface area contributed by atoms with Crippen molar-refractivity contribution in [3.8, 4) is 16.9 Å². The van der Waals surface area contributed by atoms with Crippen molar-refractivity contribution in [1.82, 2.24) is 0 Å².